The summed E-state index contributed by atoms with van der Waals surface area (Å²) < 4.78 is 11.2. The van der Waals surface area contributed by atoms with Gasteiger partial charge in [-0.05, 0) is 24.6 Å². The Hall–Kier alpha value is -1.16. The molecule has 0 amide bonds. The minimum Gasteiger partial charge on any atom is -0.490 e. The quantitative estimate of drug-likeness (QED) is 0.773. The van der Waals surface area contributed by atoms with Crippen molar-refractivity contribution in [3.8, 4) is 11.5 Å². The number of rotatable bonds is 5. The van der Waals surface area contributed by atoms with E-state index in [4.69, 9.17) is 9.47 Å². The lowest BCUT2D eigenvalue weighted by Gasteiger charge is -2.10. The van der Waals surface area contributed by atoms with Crippen molar-refractivity contribution in [3.05, 3.63) is 18.2 Å². The summed E-state index contributed by atoms with van der Waals surface area (Å²) in [4.78, 5) is 12.9. The number of thioether (sulfide) groups is 1. The molecule has 0 bridgehead atoms. The number of ether oxygens (including phenoxy) is 2. The lowest BCUT2D eigenvalue weighted by atomic mass is 10.1. The molecule has 1 aromatic carbocycles. The third kappa shape index (κ3) is 3.90. The first-order chi connectivity index (χ1) is 9.20. The van der Waals surface area contributed by atoms with Crippen molar-refractivity contribution in [2.75, 3.05) is 19.0 Å². The molecular weight excluding hydrogens is 260 g/mol. The molecule has 0 spiro atoms. The van der Waals surface area contributed by atoms with E-state index in [1.807, 2.05) is 32.0 Å². The van der Waals surface area contributed by atoms with E-state index in [0.29, 0.717) is 24.7 Å². The first-order valence-corrected chi connectivity index (χ1v) is 7.74. The highest BCUT2D eigenvalue weighted by Crippen LogP contribution is 2.34. The number of carbonyl (C=O) groups is 1. The molecule has 0 fully saturated rings. The molecule has 4 heteroatoms. The molecule has 0 aliphatic carbocycles. The molecule has 1 aromatic rings. The number of carbonyl (C=O) groups excluding carboxylic acids is 1. The lowest BCUT2D eigenvalue weighted by molar-refractivity contribution is -0.119. The van der Waals surface area contributed by atoms with Crippen LogP contribution >= 0.6 is 11.8 Å². The van der Waals surface area contributed by atoms with E-state index in [1.54, 1.807) is 11.8 Å². The van der Waals surface area contributed by atoms with Crippen LogP contribution in [0.2, 0.25) is 0 Å². The van der Waals surface area contributed by atoms with Gasteiger partial charge in [0, 0.05) is 17.2 Å². The zero-order valence-electron chi connectivity index (χ0n) is 11.5. The van der Waals surface area contributed by atoms with Crippen LogP contribution < -0.4 is 9.47 Å². The van der Waals surface area contributed by atoms with E-state index >= 15 is 0 Å². The Bertz CT molecular complexity index is 445. The minimum atomic E-state index is 0.146. The average molecular weight is 280 g/mol. The topological polar surface area (TPSA) is 35.5 Å². The third-order valence-corrected chi connectivity index (χ3v) is 4.28. The highest BCUT2D eigenvalue weighted by atomic mass is 32.2. The second-order valence-corrected chi connectivity index (χ2v) is 5.77. The largest absolute Gasteiger partial charge is 0.490 e. The van der Waals surface area contributed by atoms with Gasteiger partial charge in [-0.15, -0.1) is 11.8 Å². The normalized spacial score (nSPS) is 15.7. The molecule has 3 nitrogen and oxygen atoms in total. The Morgan fingerprint density at radius 1 is 1.32 bits per heavy atom. The van der Waals surface area contributed by atoms with Gasteiger partial charge < -0.3 is 9.47 Å². The van der Waals surface area contributed by atoms with Gasteiger partial charge in [-0.1, -0.05) is 13.8 Å². The molecule has 1 aliphatic rings. The summed E-state index contributed by atoms with van der Waals surface area (Å²) in [6.45, 7) is 5.41. The molecule has 1 unspecified atom stereocenters. The van der Waals surface area contributed by atoms with Crippen LogP contribution in [0.5, 0.6) is 11.5 Å². The number of hydrogen-bond donors (Lipinski definition) is 0. The van der Waals surface area contributed by atoms with Crippen LogP contribution in [0.15, 0.2) is 23.1 Å². The van der Waals surface area contributed by atoms with Crippen molar-refractivity contribution in [3.63, 3.8) is 0 Å². The zero-order valence-corrected chi connectivity index (χ0v) is 12.3. The van der Waals surface area contributed by atoms with Gasteiger partial charge in [-0.25, -0.2) is 0 Å². The van der Waals surface area contributed by atoms with Crippen molar-refractivity contribution in [2.24, 2.45) is 5.92 Å². The summed E-state index contributed by atoms with van der Waals surface area (Å²) in [6, 6.07) is 5.88. The van der Waals surface area contributed by atoms with Gasteiger partial charge in [0.25, 0.3) is 0 Å². The summed E-state index contributed by atoms with van der Waals surface area (Å²) in [6.07, 6.45) is 1.81. The van der Waals surface area contributed by atoms with E-state index in [9.17, 15) is 4.79 Å². The Balaban J connectivity index is 1.98. The number of ketones is 1. The maximum Gasteiger partial charge on any atom is 0.162 e. The molecule has 0 N–H and O–H groups in total. The Morgan fingerprint density at radius 2 is 2.05 bits per heavy atom. The van der Waals surface area contributed by atoms with Gasteiger partial charge in [-0.2, -0.15) is 0 Å². The van der Waals surface area contributed by atoms with Crippen LogP contribution in [0.1, 0.15) is 26.7 Å². The maximum atomic E-state index is 11.8. The van der Waals surface area contributed by atoms with E-state index in [-0.39, 0.29) is 5.92 Å². The zero-order chi connectivity index (χ0) is 13.7. The summed E-state index contributed by atoms with van der Waals surface area (Å²) in [5, 5.41) is 0. The summed E-state index contributed by atoms with van der Waals surface area (Å²) >= 11 is 1.57. The van der Waals surface area contributed by atoms with Crippen molar-refractivity contribution < 1.29 is 14.3 Å². The summed E-state index contributed by atoms with van der Waals surface area (Å²) in [7, 11) is 0. The van der Waals surface area contributed by atoms with Crippen LogP contribution in [-0.4, -0.2) is 24.7 Å². The average Bonchev–Trinajstić information content (AvgIpc) is 2.68. The highest BCUT2D eigenvalue weighted by Gasteiger charge is 2.13. The molecule has 2 rings (SSSR count). The Labute approximate surface area is 118 Å². The molecule has 1 aliphatic heterocycles. The van der Waals surface area contributed by atoms with E-state index in [2.05, 4.69) is 0 Å². The minimum absolute atomic E-state index is 0.146. The molecule has 0 aromatic heterocycles. The van der Waals surface area contributed by atoms with Crippen molar-refractivity contribution >= 4 is 17.5 Å². The van der Waals surface area contributed by atoms with E-state index < -0.39 is 0 Å². The number of hydrogen-bond acceptors (Lipinski definition) is 4. The third-order valence-electron chi connectivity index (χ3n) is 3.26. The first kappa shape index (κ1) is 14.3. The SMILES string of the molecule is CCC(C)C(=O)CSc1ccc2c(c1)OCCCO2. The second-order valence-electron chi connectivity index (χ2n) is 4.72. The standard InChI is InChI=1S/C15H20O3S/c1-3-11(2)13(16)10-19-12-5-6-14-15(9-12)18-8-4-7-17-14/h5-6,9,11H,3-4,7-8,10H2,1-2H3. The summed E-state index contributed by atoms with van der Waals surface area (Å²) in [5.74, 6) is 2.57. The van der Waals surface area contributed by atoms with Crippen LogP contribution in [0.25, 0.3) is 0 Å². The van der Waals surface area contributed by atoms with Crippen molar-refractivity contribution in [1.29, 1.82) is 0 Å². The monoisotopic (exact) mass is 280 g/mol. The van der Waals surface area contributed by atoms with Crippen molar-refractivity contribution in [1.82, 2.24) is 0 Å². The molecule has 1 heterocycles. The van der Waals surface area contributed by atoms with E-state index in [0.717, 1.165) is 29.2 Å². The number of fused-ring (bicyclic) bond motifs is 1. The molecule has 0 saturated heterocycles. The van der Waals surface area contributed by atoms with Gasteiger partial charge in [0.05, 0.1) is 19.0 Å². The van der Waals surface area contributed by atoms with Crippen LogP contribution in [0.4, 0.5) is 0 Å². The molecule has 19 heavy (non-hydrogen) atoms. The molecule has 0 saturated carbocycles. The predicted molar refractivity (Wildman–Crippen MR) is 77.2 cm³/mol. The summed E-state index contributed by atoms with van der Waals surface area (Å²) in [5.41, 5.74) is 0. The Kier molecular flexibility index (Phi) is 5.14. The van der Waals surface area contributed by atoms with E-state index in [1.165, 1.54) is 0 Å². The highest BCUT2D eigenvalue weighted by molar-refractivity contribution is 8.00. The van der Waals surface area contributed by atoms with Crippen LogP contribution in [0.3, 0.4) is 0 Å². The number of Topliss-reactive ketones (excluding diaryl/α,β-unsaturated/α-hetero) is 1. The molecule has 104 valence electrons. The smallest absolute Gasteiger partial charge is 0.162 e. The van der Waals surface area contributed by atoms with Crippen molar-refractivity contribution in [2.45, 2.75) is 31.6 Å². The lowest BCUT2D eigenvalue weighted by Crippen LogP contribution is -2.12. The molecular formula is C15H20O3S. The fraction of sp³-hybridized carbons (Fsp3) is 0.533. The predicted octanol–water partition coefficient (Wildman–Crippen LogP) is 3.56. The second kappa shape index (κ2) is 6.85. The number of benzene rings is 1. The first-order valence-electron chi connectivity index (χ1n) is 6.76. The van der Waals surface area contributed by atoms with Gasteiger partial charge in [0.2, 0.25) is 0 Å². The van der Waals surface area contributed by atoms with Crippen LogP contribution in [-0.2, 0) is 4.79 Å². The van der Waals surface area contributed by atoms with Gasteiger partial charge in [0.15, 0.2) is 11.5 Å². The maximum absolute atomic E-state index is 11.8. The van der Waals surface area contributed by atoms with Crippen LogP contribution in [0, 0.1) is 5.92 Å². The molecule has 1 atom stereocenters. The fourth-order valence-corrected chi connectivity index (χ4v) is 2.71. The Morgan fingerprint density at radius 3 is 2.79 bits per heavy atom. The van der Waals surface area contributed by atoms with Gasteiger partial charge in [0.1, 0.15) is 5.78 Å². The van der Waals surface area contributed by atoms with Gasteiger partial charge >= 0.3 is 0 Å². The fourth-order valence-electron chi connectivity index (χ4n) is 1.76. The van der Waals surface area contributed by atoms with Gasteiger partial charge in [-0.3, -0.25) is 4.79 Å². The molecule has 0 radical (unpaired) electrons.